The number of hydrogen-bond donors (Lipinski definition) is 0. The van der Waals surface area contributed by atoms with E-state index in [1.807, 2.05) is 42.5 Å². The predicted molar refractivity (Wildman–Crippen MR) is 116 cm³/mol. The number of rotatable bonds is 10. The lowest BCUT2D eigenvalue weighted by molar-refractivity contribution is 0.0361. The van der Waals surface area contributed by atoms with Gasteiger partial charge in [-0.05, 0) is 29.8 Å². The summed E-state index contributed by atoms with van der Waals surface area (Å²) in [7, 11) is 0. The molecule has 0 radical (unpaired) electrons. The van der Waals surface area contributed by atoms with Crippen molar-refractivity contribution in [3.05, 3.63) is 84.4 Å². The highest BCUT2D eigenvalue weighted by atomic mass is 32.1. The molecule has 2 aromatic rings. The normalized spacial score (nSPS) is 21.1. The summed E-state index contributed by atoms with van der Waals surface area (Å²) in [6.07, 6.45) is 2.76. The van der Waals surface area contributed by atoms with Crippen molar-refractivity contribution in [2.45, 2.75) is 32.7 Å². The fraction of sp³-hybridized carbons (Fsp3) is 0.375. The third kappa shape index (κ3) is 5.51. The van der Waals surface area contributed by atoms with Crippen LogP contribution in [0.15, 0.2) is 73.3 Å². The Bertz CT molecular complexity index is 762. The van der Waals surface area contributed by atoms with E-state index in [0.29, 0.717) is 31.5 Å². The van der Waals surface area contributed by atoms with Gasteiger partial charge in [0, 0.05) is 11.3 Å². The smallest absolute Gasteiger partial charge is 0.164 e. The van der Waals surface area contributed by atoms with E-state index in [1.165, 1.54) is 0 Å². The Balaban J connectivity index is 1.49. The highest BCUT2D eigenvalue weighted by Crippen LogP contribution is 2.39. The molecule has 3 unspecified atom stereocenters. The van der Waals surface area contributed by atoms with Crippen molar-refractivity contribution in [2.24, 2.45) is 11.3 Å². The lowest BCUT2D eigenvalue weighted by Crippen LogP contribution is -2.33. The van der Waals surface area contributed by atoms with E-state index in [-0.39, 0.29) is 17.4 Å². The van der Waals surface area contributed by atoms with Gasteiger partial charge in [-0.25, -0.2) is 0 Å². The molecule has 0 N–H and O–H groups in total. The third-order valence-corrected chi connectivity index (χ3v) is 5.65. The molecule has 1 saturated heterocycles. The average molecular weight is 397 g/mol. The van der Waals surface area contributed by atoms with Gasteiger partial charge in [-0.15, -0.1) is 6.58 Å². The van der Waals surface area contributed by atoms with Gasteiger partial charge in [0.05, 0.1) is 26.4 Å². The van der Waals surface area contributed by atoms with E-state index in [2.05, 4.69) is 37.8 Å². The topological polar surface area (TPSA) is 27.7 Å². The zero-order valence-corrected chi connectivity index (χ0v) is 17.2. The quantitative estimate of drug-likeness (QED) is 0.400. The van der Waals surface area contributed by atoms with E-state index in [4.69, 9.17) is 26.4 Å². The van der Waals surface area contributed by atoms with Crippen LogP contribution in [0.3, 0.4) is 0 Å². The molecule has 1 aliphatic rings. The van der Waals surface area contributed by atoms with Gasteiger partial charge < -0.3 is 14.2 Å². The van der Waals surface area contributed by atoms with E-state index in [1.54, 1.807) is 0 Å². The molecule has 2 aromatic carbocycles. The summed E-state index contributed by atoms with van der Waals surface area (Å²) in [5.74, 6) is 0.0982. The average Bonchev–Trinajstić information content (AvgIpc) is 3.10. The summed E-state index contributed by atoms with van der Waals surface area (Å²) in [4.78, 5) is 0. The molecule has 3 nitrogen and oxygen atoms in total. The van der Waals surface area contributed by atoms with Crippen molar-refractivity contribution < 1.29 is 14.2 Å². The first kappa shape index (κ1) is 20.7. The fourth-order valence-electron chi connectivity index (χ4n) is 3.44. The Morgan fingerprint density at radius 1 is 1.04 bits per heavy atom. The maximum absolute atomic E-state index is 5.99. The minimum Gasteiger partial charge on any atom is -0.481 e. The molecule has 1 aliphatic heterocycles. The first-order valence-electron chi connectivity index (χ1n) is 9.68. The van der Waals surface area contributed by atoms with Crippen LogP contribution in [0, 0.1) is 11.3 Å². The maximum atomic E-state index is 5.99. The molecule has 0 amide bonds. The Morgan fingerprint density at radius 2 is 1.61 bits per heavy atom. The van der Waals surface area contributed by atoms with Crippen molar-refractivity contribution in [3.63, 3.8) is 0 Å². The van der Waals surface area contributed by atoms with E-state index >= 15 is 0 Å². The molecular formula is C24H28O3S. The van der Waals surface area contributed by atoms with Gasteiger partial charge >= 0.3 is 0 Å². The van der Waals surface area contributed by atoms with Crippen LogP contribution in [-0.4, -0.2) is 24.4 Å². The molecule has 1 fully saturated rings. The molecule has 3 rings (SSSR count). The van der Waals surface area contributed by atoms with Crippen molar-refractivity contribution in [1.82, 2.24) is 0 Å². The second-order valence-electron chi connectivity index (χ2n) is 7.54. The SMILES string of the molecule is C=CC(C)(COCc1ccccc1)C1CC(COCc2ccccc2)OC1=S. The second-order valence-corrected chi connectivity index (χ2v) is 7.94. The van der Waals surface area contributed by atoms with Crippen molar-refractivity contribution in [2.75, 3.05) is 13.2 Å². The second kappa shape index (κ2) is 9.97. The summed E-state index contributed by atoms with van der Waals surface area (Å²) in [5, 5.41) is 0.638. The fourth-order valence-corrected chi connectivity index (χ4v) is 3.94. The number of thiocarbonyl (C=S) groups is 1. The largest absolute Gasteiger partial charge is 0.481 e. The molecule has 0 bridgehead atoms. The first-order valence-corrected chi connectivity index (χ1v) is 10.1. The van der Waals surface area contributed by atoms with Gasteiger partial charge in [0.15, 0.2) is 5.05 Å². The lowest BCUT2D eigenvalue weighted by atomic mass is 9.76. The maximum Gasteiger partial charge on any atom is 0.164 e. The molecule has 4 heteroatoms. The van der Waals surface area contributed by atoms with Gasteiger partial charge in [0.25, 0.3) is 0 Å². The van der Waals surface area contributed by atoms with Gasteiger partial charge in [-0.1, -0.05) is 73.7 Å². The van der Waals surface area contributed by atoms with Crippen molar-refractivity contribution in [3.8, 4) is 0 Å². The van der Waals surface area contributed by atoms with E-state index in [9.17, 15) is 0 Å². The zero-order chi connectivity index (χ0) is 19.8. The Kier molecular flexibility index (Phi) is 7.37. The van der Waals surface area contributed by atoms with Crippen LogP contribution in [0.2, 0.25) is 0 Å². The summed E-state index contributed by atoms with van der Waals surface area (Å²) in [5.41, 5.74) is 2.05. The van der Waals surface area contributed by atoms with Gasteiger partial charge in [-0.2, -0.15) is 0 Å². The molecule has 1 heterocycles. The van der Waals surface area contributed by atoms with Crippen molar-refractivity contribution >= 4 is 17.3 Å². The van der Waals surface area contributed by atoms with Crippen LogP contribution >= 0.6 is 12.2 Å². The Hall–Kier alpha value is -2.01. The molecule has 0 aliphatic carbocycles. The summed E-state index contributed by atoms with van der Waals surface area (Å²) in [6, 6.07) is 20.3. The standard InChI is InChI=1S/C24H28O3S/c1-3-24(2,18-26-16-20-12-8-5-9-13-20)22-14-21(27-23(22)28)17-25-15-19-10-6-4-7-11-19/h3-13,21-22H,1,14-18H2,2H3. The summed E-state index contributed by atoms with van der Waals surface area (Å²) >= 11 is 5.54. The minimum atomic E-state index is -0.264. The third-order valence-electron chi connectivity index (χ3n) is 5.27. The predicted octanol–water partition coefficient (Wildman–Crippen LogP) is 5.34. The molecule has 3 atom stereocenters. The van der Waals surface area contributed by atoms with Crippen LogP contribution in [0.5, 0.6) is 0 Å². The first-order chi connectivity index (χ1) is 13.6. The van der Waals surface area contributed by atoms with E-state index < -0.39 is 0 Å². The summed E-state index contributed by atoms with van der Waals surface area (Å²) < 4.78 is 17.8. The lowest BCUT2D eigenvalue weighted by Gasteiger charge is -2.30. The molecular weight excluding hydrogens is 368 g/mol. The molecule has 0 aromatic heterocycles. The molecule has 0 spiro atoms. The Labute approximate surface area is 173 Å². The van der Waals surface area contributed by atoms with Crippen LogP contribution in [0.1, 0.15) is 24.5 Å². The van der Waals surface area contributed by atoms with Crippen LogP contribution in [-0.2, 0) is 27.4 Å². The van der Waals surface area contributed by atoms with Crippen LogP contribution in [0.4, 0.5) is 0 Å². The highest BCUT2D eigenvalue weighted by Gasteiger charge is 2.43. The monoisotopic (exact) mass is 396 g/mol. The van der Waals surface area contributed by atoms with Gasteiger partial charge in [-0.3, -0.25) is 0 Å². The molecule has 0 saturated carbocycles. The number of ether oxygens (including phenoxy) is 3. The van der Waals surface area contributed by atoms with Crippen molar-refractivity contribution in [1.29, 1.82) is 0 Å². The highest BCUT2D eigenvalue weighted by molar-refractivity contribution is 7.80. The Morgan fingerprint density at radius 3 is 2.18 bits per heavy atom. The molecule has 148 valence electrons. The number of benzene rings is 2. The minimum absolute atomic E-state index is 0.0189. The molecule has 28 heavy (non-hydrogen) atoms. The van der Waals surface area contributed by atoms with Gasteiger partial charge in [0.2, 0.25) is 0 Å². The van der Waals surface area contributed by atoms with Crippen LogP contribution < -0.4 is 0 Å². The number of hydrogen-bond acceptors (Lipinski definition) is 4. The zero-order valence-electron chi connectivity index (χ0n) is 16.4. The van der Waals surface area contributed by atoms with E-state index in [0.717, 1.165) is 17.5 Å². The summed E-state index contributed by atoms with van der Waals surface area (Å²) in [6.45, 7) is 8.42. The van der Waals surface area contributed by atoms with Gasteiger partial charge in [0.1, 0.15) is 6.10 Å². The van der Waals surface area contributed by atoms with Crippen LogP contribution in [0.25, 0.3) is 0 Å².